The predicted molar refractivity (Wildman–Crippen MR) is 212 cm³/mol. The third-order valence-electron chi connectivity index (χ3n) is 9.30. The Morgan fingerprint density at radius 1 is 0.686 bits per heavy atom. The number of nitrogens with zero attached hydrogens (tertiary/aromatic N) is 2. The Kier molecular flexibility index (Phi) is 9.57. The fraction of sp³-hybridized carbons (Fsp3) is 0.182. The molecule has 1 aliphatic rings. The second kappa shape index (κ2) is 14.2. The van der Waals surface area contributed by atoms with Crippen LogP contribution in [0.1, 0.15) is 65.6 Å². The first-order valence-electron chi connectivity index (χ1n) is 17.0. The summed E-state index contributed by atoms with van der Waals surface area (Å²) >= 11 is 2.40. The number of allylic oxidation sites excluding steroid dienone is 1. The van der Waals surface area contributed by atoms with Gasteiger partial charge in [-0.05, 0) is 68.8 Å². The van der Waals surface area contributed by atoms with E-state index < -0.39 is 12.2 Å². The van der Waals surface area contributed by atoms with Crippen molar-refractivity contribution < 1.29 is 19.1 Å². The number of fused-ring (bicyclic) bond motifs is 3. The van der Waals surface area contributed by atoms with Gasteiger partial charge in [-0.1, -0.05) is 154 Å². The molecular weight excluding hydrogens is 747 g/mol. The number of ether oxygens (including phenoxy) is 2. The maximum atomic E-state index is 14.7. The lowest BCUT2D eigenvalue weighted by Gasteiger charge is -2.36. The number of hydrogen-bond donors (Lipinski definition) is 0. The predicted octanol–water partition coefficient (Wildman–Crippen LogP) is 11.5. The number of para-hydroxylation sites is 1. The number of hydrogen-bond acceptors (Lipinski definition) is 4. The Morgan fingerprint density at radius 3 is 1.82 bits per heavy atom. The number of halogens is 1. The molecular formula is C44H39IN2O4. The number of aromatic nitrogens is 1. The Labute approximate surface area is 312 Å². The van der Waals surface area contributed by atoms with E-state index in [1.807, 2.05) is 84.9 Å². The fourth-order valence-electron chi connectivity index (χ4n) is 6.63. The maximum Gasteiger partial charge on any atom is 0.420 e. The summed E-state index contributed by atoms with van der Waals surface area (Å²) in [7, 11) is 0. The van der Waals surface area contributed by atoms with Crippen molar-refractivity contribution in [1.82, 2.24) is 4.57 Å². The normalized spacial score (nSPS) is 14.4. The molecule has 0 radical (unpaired) electrons. The van der Waals surface area contributed by atoms with Crippen molar-refractivity contribution in [3.8, 4) is 0 Å². The van der Waals surface area contributed by atoms with Crippen molar-refractivity contribution in [1.29, 1.82) is 0 Å². The van der Waals surface area contributed by atoms with Gasteiger partial charge in [0.15, 0.2) is 0 Å². The number of carbonyl (C=O) groups is 2. The molecule has 1 amide bonds. The van der Waals surface area contributed by atoms with Gasteiger partial charge in [0.05, 0.1) is 11.2 Å². The Balaban J connectivity index is 1.47. The van der Waals surface area contributed by atoms with Crippen LogP contribution in [-0.4, -0.2) is 16.8 Å². The first-order valence-corrected chi connectivity index (χ1v) is 18.1. The zero-order valence-corrected chi connectivity index (χ0v) is 31.3. The molecule has 5 aromatic carbocycles. The maximum absolute atomic E-state index is 14.7. The van der Waals surface area contributed by atoms with Crippen LogP contribution in [0.5, 0.6) is 0 Å². The standard InChI is InChI=1S/C44H39IN2O4/c1-29-19-21-32(22-20-29)37-38-35-17-11-12-18-36(35)46(42(48)50-27-30-13-7-5-8-14-30)41(38)47(43(49)51-28-31-15-9-6-10-16-31)40(39(37)45)33-23-25-34(26-24-33)44(2,3)4/h5-26,37H,27-28H2,1-4H3. The van der Waals surface area contributed by atoms with Gasteiger partial charge < -0.3 is 9.47 Å². The average molecular weight is 787 g/mol. The third kappa shape index (κ3) is 6.82. The third-order valence-corrected chi connectivity index (χ3v) is 10.4. The molecule has 0 aliphatic carbocycles. The van der Waals surface area contributed by atoms with Crippen LogP contribution in [0.2, 0.25) is 0 Å². The minimum absolute atomic E-state index is 0.0620. The van der Waals surface area contributed by atoms with Crippen LogP contribution in [0.25, 0.3) is 16.6 Å². The van der Waals surface area contributed by atoms with Crippen molar-refractivity contribution in [2.24, 2.45) is 0 Å². The van der Waals surface area contributed by atoms with Crippen molar-refractivity contribution >= 4 is 57.2 Å². The van der Waals surface area contributed by atoms with Gasteiger partial charge in [0.2, 0.25) is 0 Å². The second-order valence-corrected chi connectivity index (χ2v) is 15.0. The molecule has 0 fully saturated rings. The monoisotopic (exact) mass is 786 g/mol. The van der Waals surface area contributed by atoms with Gasteiger partial charge in [0.25, 0.3) is 0 Å². The lowest BCUT2D eigenvalue weighted by Crippen LogP contribution is -2.37. The molecule has 1 aliphatic heterocycles. The number of anilines is 1. The largest absolute Gasteiger partial charge is 0.444 e. The van der Waals surface area contributed by atoms with E-state index >= 15 is 0 Å². The number of rotatable bonds is 6. The van der Waals surface area contributed by atoms with Gasteiger partial charge >= 0.3 is 12.2 Å². The molecule has 0 bridgehead atoms. The van der Waals surface area contributed by atoms with Crippen molar-refractivity contribution in [2.45, 2.75) is 52.2 Å². The molecule has 0 N–H and O–H groups in total. The molecule has 1 atom stereocenters. The number of benzene rings is 5. The summed E-state index contributed by atoms with van der Waals surface area (Å²) in [4.78, 5) is 30.7. The van der Waals surface area contributed by atoms with E-state index in [0.29, 0.717) is 17.0 Å². The molecule has 0 saturated carbocycles. The van der Waals surface area contributed by atoms with Crippen LogP contribution in [0.4, 0.5) is 15.4 Å². The highest BCUT2D eigenvalue weighted by molar-refractivity contribution is 14.1. The van der Waals surface area contributed by atoms with Gasteiger partial charge in [-0.3, -0.25) is 0 Å². The molecule has 7 rings (SSSR count). The van der Waals surface area contributed by atoms with Gasteiger partial charge in [0.1, 0.15) is 19.0 Å². The van der Waals surface area contributed by atoms with E-state index in [9.17, 15) is 9.59 Å². The van der Waals surface area contributed by atoms with Gasteiger partial charge in [-0.15, -0.1) is 0 Å². The summed E-state index contributed by atoms with van der Waals surface area (Å²) in [6, 6.07) is 43.8. The minimum atomic E-state index is -0.591. The van der Waals surface area contributed by atoms with Gasteiger partial charge in [-0.2, -0.15) is 0 Å². The number of aryl methyl sites for hydroxylation is 1. The van der Waals surface area contributed by atoms with Gasteiger partial charge in [0, 0.05) is 20.4 Å². The van der Waals surface area contributed by atoms with Crippen LogP contribution in [-0.2, 0) is 28.1 Å². The van der Waals surface area contributed by atoms with E-state index in [1.165, 1.54) is 5.56 Å². The lowest BCUT2D eigenvalue weighted by molar-refractivity contribution is 0.141. The molecule has 1 aromatic heterocycles. The van der Waals surface area contributed by atoms with Crippen LogP contribution in [0.15, 0.2) is 137 Å². The minimum Gasteiger partial charge on any atom is -0.444 e. The number of carbonyl (C=O) groups excluding carboxylic acids is 2. The van der Waals surface area contributed by atoms with Crippen LogP contribution in [0.3, 0.4) is 0 Å². The first-order chi connectivity index (χ1) is 24.6. The van der Waals surface area contributed by atoms with Crippen molar-refractivity contribution in [2.75, 3.05) is 4.90 Å². The molecule has 2 heterocycles. The summed E-state index contributed by atoms with van der Waals surface area (Å²) in [5.74, 6) is 0.123. The first kappa shape index (κ1) is 34.3. The summed E-state index contributed by atoms with van der Waals surface area (Å²) in [5, 5.41) is 0.854. The lowest BCUT2D eigenvalue weighted by atomic mass is 9.84. The highest BCUT2D eigenvalue weighted by atomic mass is 127. The molecule has 256 valence electrons. The molecule has 0 saturated heterocycles. The molecule has 1 unspecified atom stereocenters. The van der Waals surface area contributed by atoms with E-state index in [0.717, 1.165) is 42.3 Å². The van der Waals surface area contributed by atoms with Crippen LogP contribution < -0.4 is 4.90 Å². The summed E-state index contributed by atoms with van der Waals surface area (Å²) in [6.07, 6.45) is -1.18. The van der Waals surface area contributed by atoms with E-state index in [2.05, 4.69) is 98.8 Å². The second-order valence-electron chi connectivity index (χ2n) is 13.9. The summed E-state index contributed by atoms with van der Waals surface area (Å²) in [5.41, 5.74) is 8.00. The highest BCUT2D eigenvalue weighted by Gasteiger charge is 2.43. The van der Waals surface area contributed by atoms with E-state index in [-0.39, 0.29) is 24.5 Å². The smallest absolute Gasteiger partial charge is 0.420 e. The Morgan fingerprint density at radius 2 is 1.24 bits per heavy atom. The van der Waals surface area contributed by atoms with Crippen LogP contribution in [0, 0.1) is 6.92 Å². The molecule has 6 nitrogen and oxygen atoms in total. The Hall–Kier alpha value is -5.15. The molecule has 7 heteroatoms. The highest BCUT2D eigenvalue weighted by Crippen LogP contribution is 2.54. The SMILES string of the molecule is Cc1ccc(C2C(I)=C(c3ccc(C(C)(C)C)cc3)N(C(=O)OCc3ccccc3)c3c2c2ccccc2n3C(=O)OCc2ccccc2)cc1. The topological polar surface area (TPSA) is 60.8 Å². The zero-order chi connectivity index (χ0) is 35.7. The number of amides is 1. The van der Waals surface area contributed by atoms with Crippen molar-refractivity contribution in [3.05, 3.63) is 176 Å². The average Bonchev–Trinajstić information content (AvgIpc) is 3.48. The van der Waals surface area contributed by atoms with Crippen LogP contribution >= 0.6 is 22.6 Å². The zero-order valence-electron chi connectivity index (χ0n) is 29.1. The van der Waals surface area contributed by atoms with E-state index in [4.69, 9.17) is 9.47 Å². The van der Waals surface area contributed by atoms with Crippen molar-refractivity contribution in [3.63, 3.8) is 0 Å². The van der Waals surface area contributed by atoms with E-state index in [1.54, 1.807) is 9.47 Å². The molecule has 51 heavy (non-hydrogen) atoms. The molecule has 6 aromatic rings. The fourth-order valence-corrected chi connectivity index (χ4v) is 7.85. The Bertz CT molecular complexity index is 2230. The molecule has 0 spiro atoms. The summed E-state index contributed by atoms with van der Waals surface area (Å²) in [6.45, 7) is 8.75. The van der Waals surface area contributed by atoms with Gasteiger partial charge in [-0.25, -0.2) is 19.1 Å². The quantitative estimate of drug-likeness (QED) is 0.158. The summed E-state index contributed by atoms with van der Waals surface area (Å²) < 4.78 is 14.6.